The fourth-order valence-corrected chi connectivity index (χ4v) is 3.17. The van der Waals surface area contributed by atoms with Crippen molar-refractivity contribution in [3.8, 4) is 0 Å². The van der Waals surface area contributed by atoms with Crippen molar-refractivity contribution in [2.45, 2.75) is 31.7 Å². The van der Waals surface area contributed by atoms with E-state index in [4.69, 9.17) is 11.6 Å². The molecule has 8 heteroatoms. The maximum Gasteiger partial charge on any atom is 0.265 e. The summed E-state index contributed by atoms with van der Waals surface area (Å²) in [4.78, 5) is 0.0802. The summed E-state index contributed by atoms with van der Waals surface area (Å²) >= 11 is 5.64. The zero-order valence-electron chi connectivity index (χ0n) is 11.8. The summed E-state index contributed by atoms with van der Waals surface area (Å²) in [7, 11) is -3.80. The second-order valence-electron chi connectivity index (χ2n) is 4.89. The number of aryl methyl sites for hydroxylation is 1. The summed E-state index contributed by atoms with van der Waals surface area (Å²) in [6.07, 6.45) is 1.47. The van der Waals surface area contributed by atoms with Crippen LogP contribution in [-0.2, 0) is 10.0 Å². The largest absolute Gasteiger partial charge is 0.279 e. The van der Waals surface area contributed by atoms with E-state index in [0.717, 1.165) is 6.07 Å². The Hall–Kier alpha value is -1.60. The van der Waals surface area contributed by atoms with Crippen LogP contribution in [0.1, 0.15) is 25.6 Å². The number of anilines is 1. The minimum Gasteiger partial charge on any atom is -0.279 e. The number of sulfonamides is 1. The van der Waals surface area contributed by atoms with E-state index in [9.17, 15) is 12.8 Å². The zero-order chi connectivity index (χ0) is 15.8. The summed E-state index contributed by atoms with van der Waals surface area (Å²) in [5.74, 6) is -0.608. The van der Waals surface area contributed by atoms with Gasteiger partial charge in [-0.1, -0.05) is 11.6 Å². The van der Waals surface area contributed by atoms with Gasteiger partial charge >= 0.3 is 0 Å². The van der Waals surface area contributed by atoms with Gasteiger partial charge in [0.25, 0.3) is 10.0 Å². The lowest BCUT2D eigenvalue weighted by atomic mass is 10.3. The SMILES string of the molecule is Cc1nn(C(C)C)cc1S(=O)(=O)Nc1ccc(F)c(Cl)c1. The number of nitrogens with zero attached hydrogens (tertiary/aromatic N) is 2. The van der Waals surface area contributed by atoms with E-state index in [1.54, 1.807) is 11.6 Å². The predicted molar refractivity (Wildman–Crippen MR) is 79.6 cm³/mol. The minimum absolute atomic E-state index is 0.0490. The molecule has 5 nitrogen and oxygen atoms in total. The molecule has 0 radical (unpaired) electrons. The lowest BCUT2D eigenvalue weighted by molar-refractivity contribution is 0.528. The van der Waals surface area contributed by atoms with Crippen molar-refractivity contribution in [3.63, 3.8) is 0 Å². The number of halogens is 2. The van der Waals surface area contributed by atoms with E-state index in [1.165, 1.54) is 18.3 Å². The Morgan fingerprint density at radius 3 is 2.57 bits per heavy atom. The Kier molecular flexibility index (Phi) is 4.25. The molecule has 1 heterocycles. The van der Waals surface area contributed by atoms with Gasteiger partial charge in [-0.15, -0.1) is 0 Å². The van der Waals surface area contributed by atoms with Crippen LogP contribution in [0, 0.1) is 12.7 Å². The van der Waals surface area contributed by atoms with Crippen LogP contribution in [0.25, 0.3) is 0 Å². The van der Waals surface area contributed by atoms with Crippen molar-refractivity contribution in [2.75, 3.05) is 4.72 Å². The van der Waals surface area contributed by atoms with Gasteiger partial charge in [0.1, 0.15) is 10.7 Å². The van der Waals surface area contributed by atoms with Gasteiger partial charge in [-0.25, -0.2) is 12.8 Å². The lowest BCUT2D eigenvalue weighted by Gasteiger charge is -2.07. The van der Waals surface area contributed by atoms with E-state index in [0.29, 0.717) is 5.69 Å². The van der Waals surface area contributed by atoms with Crippen LogP contribution in [0.15, 0.2) is 29.3 Å². The molecule has 0 amide bonds. The third-order valence-electron chi connectivity index (χ3n) is 2.86. The van der Waals surface area contributed by atoms with Crippen LogP contribution < -0.4 is 4.72 Å². The van der Waals surface area contributed by atoms with Gasteiger partial charge in [0.05, 0.1) is 16.4 Å². The molecule has 1 N–H and O–H groups in total. The Bertz CT molecular complexity index is 772. The van der Waals surface area contributed by atoms with E-state index >= 15 is 0 Å². The minimum atomic E-state index is -3.80. The summed E-state index contributed by atoms with van der Waals surface area (Å²) in [5, 5.41) is 4.01. The maximum absolute atomic E-state index is 13.1. The van der Waals surface area contributed by atoms with Crippen LogP contribution in [0.4, 0.5) is 10.1 Å². The molecule has 0 atom stereocenters. The summed E-state index contributed by atoms with van der Waals surface area (Å²) in [6, 6.07) is 3.68. The summed E-state index contributed by atoms with van der Waals surface area (Å²) < 4.78 is 41.7. The van der Waals surface area contributed by atoms with E-state index in [-0.39, 0.29) is 21.6 Å². The third kappa shape index (κ3) is 3.36. The summed E-state index contributed by atoms with van der Waals surface area (Å²) in [6.45, 7) is 5.41. The number of benzene rings is 1. The smallest absolute Gasteiger partial charge is 0.265 e. The van der Waals surface area contributed by atoms with Crippen LogP contribution in [0.3, 0.4) is 0 Å². The third-order valence-corrected chi connectivity index (χ3v) is 4.64. The molecule has 0 spiro atoms. The normalized spacial score (nSPS) is 11.9. The van der Waals surface area contributed by atoms with Crippen molar-refractivity contribution in [1.82, 2.24) is 9.78 Å². The molecule has 0 saturated carbocycles. The highest BCUT2D eigenvalue weighted by Gasteiger charge is 2.21. The molecule has 1 aromatic heterocycles. The molecule has 2 aromatic rings. The van der Waals surface area contributed by atoms with E-state index in [2.05, 4.69) is 9.82 Å². The Labute approximate surface area is 127 Å². The van der Waals surface area contributed by atoms with Crippen molar-refractivity contribution in [2.24, 2.45) is 0 Å². The average Bonchev–Trinajstić information content (AvgIpc) is 2.77. The standard InChI is InChI=1S/C13H15ClFN3O2S/c1-8(2)18-7-13(9(3)16-18)21(19,20)17-10-4-5-12(15)11(14)6-10/h4-8,17H,1-3H3. The molecule has 0 aliphatic carbocycles. The average molecular weight is 332 g/mol. The van der Waals surface area contributed by atoms with E-state index < -0.39 is 15.8 Å². The molecule has 0 aliphatic heterocycles. The highest BCUT2D eigenvalue weighted by atomic mass is 35.5. The van der Waals surface area contributed by atoms with Crippen LogP contribution in [0.2, 0.25) is 5.02 Å². The van der Waals surface area contributed by atoms with E-state index in [1.807, 2.05) is 13.8 Å². The maximum atomic E-state index is 13.1. The Balaban J connectivity index is 2.36. The van der Waals surface area contributed by atoms with Crippen molar-refractivity contribution < 1.29 is 12.8 Å². The molecule has 0 aliphatic rings. The quantitative estimate of drug-likeness (QED) is 0.934. The van der Waals surface area contributed by atoms with Gasteiger partial charge in [0, 0.05) is 12.2 Å². The van der Waals surface area contributed by atoms with Gasteiger partial charge < -0.3 is 0 Å². The Morgan fingerprint density at radius 2 is 2.05 bits per heavy atom. The fourth-order valence-electron chi connectivity index (χ4n) is 1.76. The van der Waals surface area contributed by atoms with Crippen LogP contribution in [0.5, 0.6) is 0 Å². The molecule has 0 saturated heterocycles. The van der Waals surface area contributed by atoms with Crippen molar-refractivity contribution >= 4 is 27.3 Å². The molecule has 21 heavy (non-hydrogen) atoms. The predicted octanol–water partition coefficient (Wildman–Crippen LogP) is 3.37. The zero-order valence-corrected chi connectivity index (χ0v) is 13.3. The van der Waals surface area contributed by atoms with Crippen LogP contribution >= 0.6 is 11.6 Å². The molecular formula is C13H15ClFN3O2S. The highest BCUT2D eigenvalue weighted by Crippen LogP contribution is 2.23. The molecule has 2 rings (SSSR count). The topological polar surface area (TPSA) is 64.0 Å². The second kappa shape index (κ2) is 5.65. The molecule has 114 valence electrons. The number of hydrogen-bond acceptors (Lipinski definition) is 3. The Morgan fingerprint density at radius 1 is 1.38 bits per heavy atom. The van der Waals surface area contributed by atoms with Gasteiger partial charge in [0.15, 0.2) is 0 Å². The number of hydrogen-bond donors (Lipinski definition) is 1. The number of rotatable bonds is 4. The summed E-state index contributed by atoms with van der Waals surface area (Å²) in [5.41, 5.74) is 0.586. The first-order valence-electron chi connectivity index (χ1n) is 6.24. The van der Waals surface area contributed by atoms with Crippen LogP contribution in [-0.4, -0.2) is 18.2 Å². The van der Waals surface area contributed by atoms with Gasteiger partial charge in [-0.05, 0) is 39.0 Å². The second-order valence-corrected chi connectivity index (χ2v) is 6.94. The molecule has 1 aromatic carbocycles. The number of nitrogens with one attached hydrogen (secondary N) is 1. The lowest BCUT2D eigenvalue weighted by Crippen LogP contribution is -2.13. The fraction of sp³-hybridized carbons (Fsp3) is 0.308. The first-order chi connectivity index (χ1) is 9.70. The number of aromatic nitrogens is 2. The first kappa shape index (κ1) is 15.8. The van der Waals surface area contributed by atoms with Gasteiger partial charge in [-0.2, -0.15) is 5.10 Å². The molecule has 0 unspecified atom stereocenters. The van der Waals surface area contributed by atoms with Crippen molar-refractivity contribution in [3.05, 3.63) is 40.9 Å². The van der Waals surface area contributed by atoms with Gasteiger partial charge in [0.2, 0.25) is 0 Å². The highest BCUT2D eigenvalue weighted by molar-refractivity contribution is 7.92. The monoisotopic (exact) mass is 331 g/mol. The van der Waals surface area contributed by atoms with Gasteiger partial charge in [-0.3, -0.25) is 9.40 Å². The first-order valence-corrected chi connectivity index (χ1v) is 8.10. The molecule has 0 bridgehead atoms. The van der Waals surface area contributed by atoms with Crippen molar-refractivity contribution in [1.29, 1.82) is 0 Å². The molecular weight excluding hydrogens is 317 g/mol. The molecule has 0 fully saturated rings.